The highest BCUT2D eigenvalue weighted by Gasteiger charge is 2.18. The maximum Gasteiger partial charge on any atom is 0.217 e. The number of rotatable bonds is 7. The maximum absolute atomic E-state index is 11.8. The van der Waals surface area contributed by atoms with Gasteiger partial charge in [0.05, 0.1) is 16.6 Å². The van der Waals surface area contributed by atoms with E-state index in [4.69, 9.17) is 4.98 Å². The molecule has 7 nitrogen and oxygen atoms in total. The van der Waals surface area contributed by atoms with Crippen LogP contribution in [0.2, 0.25) is 0 Å². The van der Waals surface area contributed by atoms with Crippen LogP contribution in [0.3, 0.4) is 0 Å². The van der Waals surface area contributed by atoms with Crippen LogP contribution in [0.25, 0.3) is 10.6 Å². The summed E-state index contributed by atoms with van der Waals surface area (Å²) < 4.78 is 0. The molecule has 1 aromatic carbocycles. The van der Waals surface area contributed by atoms with Crippen molar-refractivity contribution < 1.29 is 9.90 Å². The molecule has 0 spiro atoms. The molecule has 3 N–H and O–H groups in total. The van der Waals surface area contributed by atoms with E-state index in [1.165, 1.54) is 18.3 Å². The van der Waals surface area contributed by atoms with Crippen LogP contribution >= 0.6 is 11.3 Å². The van der Waals surface area contributed by atoms with E-state index in [9.17, 15) is 9.90 Å². The van der Waals surface area contributed by atoms with Crippen molar-refractivity contribution in [2.24, 2.45) is 0 Å². The van der Waals surface area contributed by atoms with E-state index >= 15 is 0 Å². The number of benzene rings is 1. The summed E-state index contributed by atoms with van der Waals surface area (Å²) in [6.07, 6.45) is 4.11. The second-order valence-electron chi connectivity index (χ2n) is 7.44. The van der Waals surface area contributed by atoms with Crippen molar-refractivity contribution in [3.05, 3.63) is 83.1 Å². The largest absolute Gasteiger partial charge is 0.508 e. The summed E-state index contributed by atoms with van der Waals surface area (Å²) in [4.78, 5) is 26.3. The Morgan fingerprint density at radius 3 is 2.66 bits per heavy atom. The standard InChI is InChI=1S/C24H23N5O2S/c1-15-10-11-25-23(12-15)29-22-5-3-4-19(28-22)21-14-26-24(32-21)20(27-16(2)30)13-17-6-8-18(31)9-7-17/h3-12,14,20,31H,13H2,1-2H3,(H,27,30)(H,25,28,29)/t20-/m0/s1. The number of thiazole rings is 1. The molecule has 4 rings (SSSR count). The molecule has 3 heterocycles. The maximum atomic E-state index is 11.8. The van der Waals surface area contributed by atoms with E-state index in [1.54, 1.807) is 24.5 Å². The number of carbonyl (C=O) groups excluding carboxylic acids is 1. The Morgan fingerprint density at radius 1 is 1.09 bits per heavy atom. The fourth-order valence-corrected chi connectivity index (χ4v) is 4.20. The number of hydrogen-bond acceptors (Lipinski definition) is 7. The third-order valence-electron chi connectivity index (χ3n) is 4.75. The summed E-state index contributed by atoms with van der Waals surface area (Å²) in [7, 11) is 0. The number of hydrogen-bond donors (Lipinski definition) is 3. The Bertz CT molecular complexity index is 1220. The molecule has 162 valence electrons. The van der Waals surface area contributed by atoms with Crippen LogP contribution < -0.4 is 10.6 Å². The number of nitrogens with one attached hydrogen (secondary N) is 2. The van der Waals surface area contributed by atoms with E-state index < -0.39 is 0 Å². The highest BCUT2D eigenvalue weighted by atomic mass is 32.1. The van der Waals surface area contributed by atoms with Crippen molar-refractivity contribution >= 4 is 28.9 Å². The molecule has 0 radical (unpaired) electrons. The van der Waals surface area contributed by atoms with Gasteiger partial charge in [0.2, 0.25) is 5.91 Å². The summed E-state index contributed by atoms with van der Waals surface area (Å²) >= 11 is 1.49. The lowest BCUT2D eigenvalue weighted by molar-refractivity contribution is -0.119. The summed E-state index contributed by atoms with van der Waals surface area (Å²) in [5.41, 5.74) is 2.90. The number of anilines is 2. The van der Waals surface area contributed by atoms with Crippen molar-refractivity contribution in [1.82, 2.24) is 20.3 Å². The molecule has 1 atom stereocenters. The molecular formula is C24H23N5O2S. The Labute approximate surface area is 190 Å². The molecule has 0 aliphatic rings. The average Bonchev–Trinajstić information content (AvgIpc) is 3.25. The third-order valence-corrected chi connectivity index (χ3v) is 5.88. The van der Waals surface area contributed by atoms with Crippen LogP contribution in [0.4, 0.5) is 11.6 Å². The van der Waals surface area contributed by atoms with Crippen LogP contribution in [-0.2, 0) is 11.2 Å². The molecule has 0 saturated carbocycles. The zero-order chi connectivity index (χ0) is 22.5. The van der Waals surface area contributed by atoms with Crippen molar-refractivity contribution in [3.63, 3.8) is 0 Å². The fourth-order valence-electron chi connectivity index (χ4n) is 3.26. The minimum Gasteiger partial charge on any atom is -0.508 e. The topological polar surface area (TPSA) is 100 Å². The summed E-state index contributed by atoms with van der Waals surface area (Å²) in [5.74, 6) is 1.51. The molecule has 3 aromatic heterocycles. The van der Waals surface area contributed by atoms with E-state index in [-0.39, 0.29) is 17.7 Å². The second kappa shape index (κ2) is 9.57. The molecule has 0 aliphatic heterocycles. The number of carbonyl (C=O) groups is 1. The van der Waals surface area contributed by atoms with Gasteiger partial charge in [-0.2, -0.15) is 0 Å². The van der Waals surface area contributed by atoms with Gasteiger partial charge >= 0.3 is 0 Å². The first-order chi connectivity index (χ1) is 15.5. The van der Waals surface area contributed by atoms with E-state index in [0.29, 0.717) is 12.2 Å². The van der Waals surface area contributed by atoms with Gasteiger partial charge < -0.3 is 15.7 Å². The molecule has 32 heavy (non-hydrogen) atoms. The molecule has 1 amide bonds. The van der Waals surface area contributed by atoms with Crippen LogP contribution in [0.1, 0.15) is 29.1 Å². The predicted molar refractivity (Wildman–Crippen MR) is 126 cm³/mol. The molecular weight excluding hydrogens is 422 g/mol. The summed E-state index contributed by atoms with van der Waals surface area (Å²) in [6, 6.07) is 16.3. The normalized spacial score (nSPS) is 11.7. The van der Waals surface area contributed by atoms with Gasteiger partial charge in [-0.05, 0) is 60.9 Å². The van der Waals surface area contributed by atoms with Gasteiger partial charge in [-0.3, -0.25) is 4.79 Å². The highest BCUT2D eigenvalue weighted by Crippen LogP contribution is 2.31. The Hall–Kier alpha value is -3.78. The monoisotopic (exact) mass is 445 g/mol. The van der Waals surface area contributed by atoms with Crippen LogP contribution in [0, 0.1) is 6.92 Å². The van der Waals surface area contributed by atoms with Crippen LogP contribution in [0.5, 0.6) is 5.75 Å². The number of pyridine rings is 2. The zero-order valence-corrected chi connectivity index (χ0v) is 18.6. The molecule has 0 bridgehead atoms. The second-order valence-corrected chi connectivity index (χ2v) is 8.50. The lowest BCUT2D eigenvalue weighted by atomic mass is 10.1. The Balaban J connectivity index is 1.55. The quantitative estimate of drug-likeness (QED) is 0.379. The molecule has 0 saturated heterocycles. The van der Waals surface area contributed by atoms with Gasteiger partial charge in [-0.25, -0.2) is 15.0 Å². The van der Waals surface area contributed by atoms with Crippen molar-refractivity contribution in [3.8, 4) is 16.3 Å². The number of phenolic OH excluding ortho intramolecular Hbond substituents is 1. The van der Waals surface area contributed by atoms with Crippen molar-refractivity contribution in [2.45, 2.75) is 26.3 Å². The number of aromatic hydroxyl groups is 1. The lowest BCUT2D eigenvalue weighted by Gasteiger charge is -2.15. The molecule has 8 heteroatoms. The number of aromatic nitrogens is 3. The highest BCUT2D eigenvalue weighted by molar-refractivity contribution is 7.15. The molecule has 4 aromatic rings. The zero-order valence-electron chi connectivity index (χ0n) is 17.7. The van der Waals surface area contributed by atoms with E-state index in [1.807, 2.05) is 49.4 Å². The average molecular weight is 446 g/mol. The van der Waals surface area contributed by atoms with Gasteiger partial charge in [-0.1, -0.05) is 18.2 Å². The summed E-state index contributed by atoms with van der Waals surface area (Å²) in [5, 5.41) is 16.5. The Kier molecular flexibility index (Phi) is 6.42. The first kappa shape index (κ1) is 21.5. The SMILES string of the molecule is CC(=O)N[C@@H](Cc1ccc(O)cc1)c1ncc(-c2cccc(Nc3cc(C)ccn3)n2)s1. The molecule has 0 aliphatic carbocycles. The Morgan fingerprint density at radius 2 is 1.91 bits per heavy atom. The van der Waals surface area contributed by atoms with Crippen molar-refractivity contribution in [1.29, 1.82) is 0 Å². The van der Waals surface area contributed by atoms with Crippen molar-refractivity contribution in [2.75, 3.05) is 5.32 Å². The lowest BCUT2D eigenvalue weighted by Crippen LogP contribution is -2.27. The molecule has 0 unspecified atom stereocenters. The van der Waals surface area contributed by atoms with Gasteiger partial charge in [0.15, 0.2) is 0 Å². The number of aryl methyl sites for hydroxylation is 1. The van der Waals surface area contributed by atoms with Gasteiger partial charge in [0, 0.05) is 19.3 Å². The first-order valence-electron chi connectivity index (χ1n) is 10.1. The summed E-state index contributed by atoms with van der Waals surface area (Å²) in [6.45, 7) is 3.51. The molecule has 0 fully saturated rings. The smallest absolute Gasteiger partial charge is 0.217 e. The van der Waals surface area contributed by atoms with E-state index in [2.05, 4.69) is 20.6 Å². The van der Waals surface area contributed by atoms with Crippen LogP contribution in [-0.4, -0.2) is 26.0 Å². The van der Waals surface area contributed by atoms with Gasteiger partial charge in [0.1, 0.15) is 22.4 Å². The predicted octanol–water partition coefficient (Wildman–Crippen LogP) is 4.78. The van der Waals surface area contributed by atoms with Gasteiger partial charge in [0.25, 0.3) is 0 Å². The fraction of sp³-hybridized carbons (Fsp3) is 0.167. The number of phenols is 1. The number of nitrogens with zero attached hydrogens (tertiary/aromatic N) is 3. The minimum atomic E-state index is -0.270. The minimum absolute atomic E-state index is 0.125. The third kappa shape index (κ3) is 5.47. The van der Waals surface area contributed by atoms with E-state index in [0.717, 1.165) is 32.5 Å². The first-order valence-corrected chi connectivity index (χ1v) is 11.0. The number of amides is 1. The van der Waals surface area contributed by atoms with Gasteiger partial charge in [-0.15, -0.1) is 11.3 Å². The van der Waals surface area contributed by atoms with Crippen LogP contribution in [0.15, 0.2) is 67.0 Å².